The van der Waals surface area contributed by atoms with E-state index in [4.69, 9.17) is 16.0 Å². The van der Waals surface area contributed by atoms with Gasteiger partial charge in [0.2, 0.25) is 11.8 Å². The molecule has 1 heterocycles. The van der Waals surface area contributed by atoms with Crippen LogP contribution in [-0.2, 0) is 0 Å². The molecule has 0 saturated carbocycles. The lowest BCUT2D eigenvalue weighted by Crippen LogP contribution is -2.13. The van der Waals surface area contributed by atoms with E-state index in [0.717, 1.165) is 11.1 Å². The Balaban J connectivity index is 1.55. The summed E-state index contributed by atoms with van der Waals surface area (Å²) in [6, 6.07) is 30.8. The number of benzene rings is 4. The van der Waals surface area contributed by atoms with Crippen LogP contribution in [0.4, 0.5) is 5.88 Å². The van der Waals surface area contributed by atoms with Crippen molar-refractivity contribution in [2.24, 2.45) is 0 Å². The van der Waals surface area contributed by atoms with Gasteiger partial charge in [0.1, 0.15) is 11.4 Å². The molecular formula is C28H19ClN2O3. The molecule has 166 valence electrons. The molecule has 4 aromatic carbocycles. The standard InChI is InChI=1S/C28H19ClN2O3/c29-20-15-16-22(24(32)17-20)21-13-7-8-14-23(21)26(33)31-28-25(18-9-3-1-4-10-18)30-27(34-28)19-11-5-2-6-12-19/h1-17,32H,(H,31,33). The van der Waals surface area contributed by atoms with Crippen molar-refractivity contribution in [3.8, 4) is 39.6 Å². The number of aromatic nitrogens is 1. The molecule has 6 heteroatoms. The molecule has 0 aliphatic rings. The Morgan fingerprint density at radius 1 is 0.794 bits per heavy atom. The highest BCUT2D eigenvalue weighted by Crippen LogP contribution is 2.36. The molecule has 5 aromatic rings. The van der Waals surface area contributed by atoms with Crippen molar-refractivity contribution < 1.29 is 14.3 Å². The number of anilines is 1. The third-order valence-electron chi connectivity index (χ3n) is 5.34. The summed E-state index contributed by atoms with van der Waals surface area (Å²) in [5, 5.41) is 13.7. The minimum Gasteiger partial charge on any atom is -0.507 e. The second kappa shape index (κ2) is 9.25. The van der Waals surface area contributed by atoms with Gasteiger partial charge in [-0.05, 0) is 42.0 Å². The fourth-order valence-electron chi connectivity index (χ4n) is 3.72. The van der Waals surface area contributed by atoms with Gasteiger partial charge in [-0.25, -0.2) is 4.98 Å². The average Bonchev–Trinajstić information content (AvgIpc) is 3.29. The molecule has 1 amide bonds. The zero-order valence-electron chi connectivity index (χ0n) is 17.9. The first-order chi connectivity index (χ1) is 16.6. The van der Waals surface area contributed by atoms with Crippen molar-refractivity contribution in [3.63, 3.8) is 0 Å². The maximum Gasteiger partial charge on any atom is 0.258 e. The van der Waals surface area contributed by atoms with Gasteiger partial charge in [0.05, 0.1) is 0 Å². The number of nitrogens with zero attached hydrogens (tertiary/aromatic N) is 1. The van der Waals surface area contributed by atoms with E-state index in [2.05, 4.69) is 10.3 Å². The van der Waals surface area contributed by atoms with Gasteiger partial charge in [-0.1, -0.05) is 78.3 Å². The average molecular weight is 467 g/mol. The topological polar surface area (TPSA) is 75.4 Å². The maximum atomic E-state index is 13.4. The number of aromatic hydroxyl groups is 1. The fraction of sp³-hybridized carbons (Fsp3) is 0. The molecule has 0 unspecified atom stereocenters. The van der Waals surface area contributed by atoms with Crippen LogP contribution in [0.25, 0.3) is 33.8 Å². The monoisotopic (exact) mass is 466 g/mol. The third-order valence-corrected chi connectivity index (χ3v) is 5.58. The first-order valence-electron chi connectivity index (χ1n) is 10.6. The van der Waals surface area contributed by atoms with Crippen LogP contribution < -0.4 is 5.32 Å². The molecule has 2 N–H and O–H groups in total. The highest BCUT2D eigenvalue weighted by Gasteiger charge is 2.21. The molecule has 0 aliphatic carbocycles. The second-order valence-electron chi connectivity index (χ2n) is 7.59. The number of oxazole rings is 1. The Morgan fingerprint density at radius 3 is 2.15 bits per heavy atom. The Morgan fingerprint density at radius 2 is 1.44 bits per heavy atom. The summed E-state index contributed by atoms with van der Waals surface area (Å²) in [4.78, 5) is 18.1. The van der Waals surface area contributed by atoms with Gasteiger partial charge in [0, 0.05) is 27.3 Å². The molecule has 0 spiro atoms. The number of hydrogen-bond donors (Lipinski definition) is 2. The Hall–Kier alpha value is -4.35. The van der Waals surface area contributed by atoms with Crippen molar-refractivity contribution in [1.82, 2.24) is 4.98 Å². The van der Waals surface area contributed by atoms with Crippen molar-refractivity contribution in [1.29, 1.82) is 0 Å². The van der Waals surface area contributed by atoms with Gasteiger partial charge in [0.15, 0.2) is 0 Å². The summed E-state index contributed by atoms with van der Waals surface area (Å²) in [6.07, 6.45) is 0. The van der Waals surface area contributed by atoms with Crippen LogP contribution in [0.2, 0.25) is 5.02 Å². The van der Waals surface area contributed by atoms with Crippen LogP contribution in [0.3, 0.4) is 0 Å². The van der Waals surface area contributed by atoms with Gasteiger partial charge in [-0.15, -0.1) is 0 Å². The van der Waals surface area contributed by atoms with Gasteiger partial charge >= 0.3 is 0 Å². The van der Waals surface area contributed by atoms with Crippen molar-refractivity contribution in [2.45, 2.75) is 0 Å². The Bertz CT molecular complexity index is 1460. The number of nitrogens with one attached hydrogen (secondary N) is 1. The summed E-state index contributed by atoms with van der Waals surface area (Å²) >= 11 is 5.98. The number of hydrogen-bond acceptors (Lipinski definition) is 4. The van der Waals surface area contributed by atoms with Crippen LogP contribution in [0.15, 0.2) is 108 Å². The molecule has 0 fully saturated rings. The molecule has 0 atom stereocenters. The fourth-order valence-corrected chi connectivity index (χ4v) is 3.89. The van der Waals surface area contributed by atoms with Crippen LogP contribution in [0, 0.1) is 0 Å². The molecule has 34 heavy (non-hydrogen) atoms. The minimum atomic E-state index is -0.391. The normalized spacial score (nSPS) is 10.7. The smallest absolute Gasteiger partial charge is 0.258 e. The number of rotatable bonds is 5. The van der Waals surface area contributed by atoms with Crippen LogP contribution in [0.1, 0.15) is 10.4 Å². The second-order valence-corrected chi connectivity index (χ2v) is 8.03. The largest absolute Gasteiger partial charge is 0.507 e. The van der Waals surface area contributed by atoms with Gasteiger partial charge in [0.25, 0.3) is 5.91 Å². The maximum absolute atomic E-state index is 13.4. The summed E-state index contributed by atoms with van der Waals surface area (Å²) in [5.41, 5.74) is 3.58. The van der Waals surface area contributed by atoms with E-state index in [1.54, 1.807) is 36.4 Å². The van der Waals surface area contributed by atoms with E-state index >= 15 is 0 Å². The lowest BCUT2D eigenvalue weighted by atomic mass is 9.98. The number of amides is 1. The van der Waals surface area contributed by atoms with E-state index in [-0.39, 0.29) is 11.6 Å². The summed E-state index contributed by atoms with van der Waals surface area (Å²) in [7, 11) is 0. The number of phenolic OH excluding ortho intramolecular Hbond substituents is 1. The first-order valence-corrected chi connectivity index (χ1v) is 11.0. The summed E-state index contributed by atoms with van der Waals surface area (Å²) in [6.45, 7) is 0. The number of phenols is 1. The van der Waals surface area contributed by atoms with Gasteiger partial charge < -0.3 is 9.52 Å². The molecule has 0 saturated heterocycles. The highest BCUT2D eigenvalue weighted by molar-refractivity contribution is 6.30. The van der Waals surface area contributed by atoms with Crippen LogP contribution in [-0.4, -0.2) is 16.0 Å². The number of carbonyl (C=O) groups excluding carboxylic acids is 1. The zero-order chi connectivity index (χ0) is 23.5. The molecule has 1 aromatic heterocycles. The SMILES string of the molecule is O=C(Nc1oc(-c2ccccc2)nc1-c1ccccc1)c1ccccc1-c1ccc(Cl)cc1O. The van der Waals surface area contributed by atoms with Crippen molar-refractivity contribution >= 4 is 23.4 Å². The van der Waals surface area contributed by atoms with E-state index in [1.165, 1.54) is 6.07 Å². The number of halogens is 1. The van der Waals surface area contributed by atoms with Gasteiger partial charge in [-0.3, -0.25) is 10.1 Å². The van der Waals surface area contributed by atoms with E-state index in [1.807, 2.05) is 60.7 Å². The molecule has 0 radical (unpaired) electrons. The zero-order valence-corrected chi connectivity index (χ0v) is 18.7. The minimum absolute atomic E-state index is 0.0104. The molecule has 0 aliphatic heterocycles. The third kappa shape index (κ3) is 4.29. The lowest BCUT2D eigenvalue weighted by Gasteiger charge is -2.11. The molecule has 5 nitrogen and oxygen atoms in total. The van der Waals surface area contributed by atoms with Crippen molar-refractivity contribution in [3.05, 3.63) is 114 Å². The van der Waals surface area contributed by atoms with Gasteiger partial charge in [-0.2, -0.15) is 0 Å². The molecular weight excluding hydrogens is 448 g/mol. The number of carbonyl (C=O) groups is 1. The predicted octanol–water partition coefficient (Wildman–Crippen LogP) is 7.29. The highest BCUT2D eigenvalue weighted by atomic mass is 35.5. The van der Waals surface area contributed by atoms with E-state index in [0.29, 0.717) is 33.3 Å². The lowest BCUT2D eigenvalue weighted by molar-refractivity contribution is 0.102. The first kappa shape index (κ1) is 21.5. The summed E-state index contributed by atoms with van der Waals surface area (Å²) < 4.78 is 6.02. The van der Waals surface area contributed by atoms with E-state index in [9.17, 15) is 9.90 Å². The Kier molecular flexibility index (Phi) is 5.85. The molecule has 0 bridgehead atoms. The van der Waals surface area contributed by atoms with Crippen LogP contribution in [0.5, 0.6) is 5.75 Å². The molecule has 5 rings (SSSR count). The van der Waals surface area contributed by atoms with Crippen molar-refractivity contribution in [2.75, 3.05) is 5.32 Å². The van der Waals surface area contributed by atoms with Crippen LogP contribution >= 0.6 is 11.6 Å². The predicted molar refractivity (Wildman–Crippen MR) is 134 cm³/mol. The summed E-state index contributed by atoms with van der Waals surface area (Å²) in [5.74, 6) is 0.241. The Labute approximate surface area is 201 Å². The van der Waals surface area contributed by atoms with E-state index < -0.39 is 5.91 Å². The quantitative estimate of drug-likeness (QED) is 0.285.